The van der Waals surface area contributed by atoms with Crippen LogP contribution in [-0.2, 0) is 11.2 Å². The fourth-order valence-electron chi connectivity index (χ4n) is 4.40. The van der Waals surface area contributed by atoms with Gasteiger partial charge in [0.1, 0.15) is 5.75 Å². The van der Waals surface area contributed by atoms with Gasteiger partial charge in [-0.2, -0.15) is 0 Å². The Kier molecular flexibility index (Phi) is 6.53. The molecule has 1 aliphatic rings. The highest BCUT2D eigenvalue weighted by molar-refractivity contribution is 7.22. The summed E-state index contributed by atoms with van der Waals surface area (Å²) < 4.78 is 6.33. The summed E-state index contributed by atoms with van der Waals surface area (Å²) >= 11 is 1.55. The molecule has 1 fully saturated rings. The number of hydrogen-bond donors (Lipinski definition) is 1. The fraction of sp³-hybridized carbons (Fsp3) is 0.250. The van der Waals surface area contributed by atoms with Gasteiger partial charge in [0.25, 0.3) is 0 Å². The Morgan fingerprint density at radius 3 is 2.48 bits per heavy atom. The summed E-state index contributed by atoms with van der Waals surface area (Å²) in [5, 5.41) is 10.8. The van der Waals surface area contributed by atoms with Crippen LogP contribution >= 0.6 is 11.3 Å². The largest absolute Gasteiger partial charge is 0.508 e. The zero-order valence-electron chi connectivity index (χ0n) is 18.5. The zero-order valence-corrected chi connectivity index (χ0v) is 19.3. The lowest BCUT2D eigenvalue weighted by molar-refractivity contribution is 0.0375. The first-order chi connectivity index (χ1) is 16.2. The summed E-state index contributed by atoms with van der Waals surface area (Å²) in [5.74, 6) is 0.231. The van der Waals surface area contributed by atoms with E-state index in [4.69, 9.17) is 4.74 Å². The number of phenols is 1. The lowest BCUT2D eigenvalue weighted by Gasteiger charge is -2.26. The summed E-state index contributed by atoms with van der Waals surface area (Å²) in [4.78, 5) is 17.0. The number of fused-ring (bicyclic) bond motifs is 1. The van der Waals surface area contributed by atoms with Crippen LogP contribution in [0.25, 0.3) is 20.5 Å². The van der Waals surface area contributed by atoms with Gasteiger partial charge in [0.05, 0.1) is 13.2 Å². The van der Waals surface area contributed by atoms with E-state index in [2.05, 4.69) is 17.0 Å². The third-order valence-corrected chi connectivity index (χ3v) is 7.40. The highest BCUT2D eigenvalue weighted by Gasteiger charge is 2.21. The molecular weight excluding hydrogens is 430 g/mol. The molecule has 1 N–H and O–H groups in total. The molecule has 0 unspecified atom stereocenters. The number of nitrogens with zero attached hydrogens (tertiary/aromatic N) is 1. The number of rotatable bonds is 7. The van der Waals surface area contributed by atoms with Gasteiger partial charge in [-0.05, 0) is 48.7 Å². The van der Waals surface area contributed by atoms with E-state index in [1.54, 1.807) is 23.5 Å². The maximum absolute atomic E-state index is 13.7. The normalized spacial score (nSPS) is 14.5. The number of carbonyl (C=O) groups is 1. The first-order valence-electron chi connectivity index (χ1n) is 11.4. The van der Waals surface area contributed by atoms with E-state index >= 15 is 0 Å². The van der Waals surface area contributed by atoms with Crippen LogP contribution in [-0.4, -0.2) is 48.6 Å². The Bertz CT molecular complexity index is 1240. The maximum Gasteiger partial charge on any atom is 0.195 e. The van der Waals surface area contributed by atoms with Crippen LogP contribution in [0.5, 0.6) is 5.75 Å². The first-order valence-corrected chi connectivity index (χ1v) is 12.3. The SMILES string of the molecule is O=C(c1ccc(CCCN2CCOCC2)cc1)c1c(-c2ccccc2)sc2cc(O)ccc12. The van der Waals surface area contributed by atoms with Crippen molar-refractivity contribution in [2.24, 2.45) is 0 Å². The number of phenolic OH excluding ortho intramolecular Hbond substituents is 1. The predicted molar refractivity (Wildman–Crippen MR) is 134 cm³/mol. The molecule has 1 aliphatic heterocycles. The molecule has 0 amide bonds. The highest BCUT2D eigenvalue weighted by atomic mass is 32.1. The standard InChI is InChI=1S/C28H27NO3S/c30-23-12-13-24-25(19-23)33-28(22-6-2-1-3-7-22)26(24)27(31)21-10-8-20(9-11-21)5-4-14-29-15-17-32-18-16-29/h1-3,6-13,19,30H,4-5,14-18H2. The molecule has 1 saturated heterocycles. The van der Waals surface area contributed by atoms with E-state index in [1.165, 1.54) is 5.56 Å². The van der Waals surface area contributed by atoms with Gasteiger partial charge in [-0.1, -0.05) is 54.6 Å². The first kappa shape index (κ1) is 21.8. The molecule has 0 spiro atoms. The average molecular weight is 458 g/mol. The Morgan fingerprint density at radius 1 is 0.970 bits per heavy atom. The van der Waals surface area contributed by atoms with Crippen LogP contribution < -0.4 is 0 Å². The van der Waals surface area contributed by atoms with Crippen molar-refractivity contribution in [3.05, 3.63) is 89.5 Å². The lowest BCUT2D eigenvalue weighted by Crippen LogP contribution is -2.36. The maximum atomic E-state index is 13.7. The van der Waals surface area contributed by atoms with Crippen molar-refractivity contribution in [1.82, 2.24) is 4.90 Å². The molecule has 33 heavy (non-hydrogen) atoms. The van der Waals surface area contributed by atoms with E-state index in [9.17, 15) is 9.90 Å². The van der Waals surface area contributed by atoms with E-state index in [0.717, 1.165) is 66.2 Å². The molecule has 0 radical (unpaired) electrons. The smallest absolute Gasteiger partial charge is 0.195 e. The third-order valence-electron chi connectivity index (χ3n) is 6.20. The van der Waals surface area contributed by atoms with Crippen molar-refractivity contribution in [2.45, 2.75) is 12.8 Å². The zero-order chi connectivity index (χ0) is 22.6. The summed E-state index contributed by atoms with van der Waals surface area (Å²) in [6, 6.07) is 23.3. The topological polar surface area (TPSA) is 49.8 Å². The molecule has 0 bridgehead atoms. The van der Waals surface area contributed by atoms with E-state index in [1.807, 2.05) is 48.5 Å². The van der Waals surface area contributed by atoms with Crippen LogP contribution in [0.3, 0.4) is 0 Å². The number of aryl methyl sites for hydroxylation is 1. The molecule has 2 heterocycles. The Balaban J connectivity index is 1.38. The molecule has 1 aromatic heterocycles. The quantitative estimate of drug-likeness (QED) is 0.358. The number of aromatic hydroxyl groups is 1. The number of ketones is 1. The molecule has 4 nitrogen and oxygen atoms in total. The van der Waals surface area contributed by atoms with Gasteiger partial charge >= 0.3 is 0 Å². The molecule has 5 heteroatoms. The van der Waals surface area contributed by atoms with E-state index < -0.39 is 0 Å². The molecule has 3 aromatic carbocycles. The van der Waals surface area contributed by atoms with Crippen LogP contribution in [0.15, 0.2) is 72.8 Å². The third kappa shape index (κ3) is 4.86. The monoisotopic (exact) mass is 457 g/mol. The molecule has 0 saturated carbocycles. The van der Waals surface area contributed by atoms with E-state index in [-0.39, 0.29) is 11.5 Å². The number of ether oxygens (including phenoxy) is 1. The molecule has 0 aliphatic carbocycles. The van der Waals surface area contributed by atoms with Crippen molar-refractivity contribution >= 4 is 27.2 Å². The minimum absolute atomic E-state index is 0.0191. The van der Waals surface area contributed by atoms with Gasteiger partial charge in [0.15, 0.2) is 5.78 Å². The predicted octanol–water partition coefficient (Wildman–Crippen LogP) is 5.77. The number of benzene rings is 3. The summed E-state index contributed by atoms with van der Waals surface area (Å²) in [7, 11) is 0. The van der Waals surface area contributed by atoms with Crippen molar-refractivity contribution in [3.8, 4) is 16.2 Å². The molecule has 5 rings (SSSR count). The number of morpholine rings is 1. The lowest BCUT2D eigenvalue weighted by atomic mass is 9.96. The Morgan fingerprint density at radius 2 is 1.73 bits per heavy atom. The summed E-state index contributed by atoms with van der Waals surface area (Å²) in [6.45, 7) is 4.78. The summed E-state index contributed by atoms with van der Waals surface area (Å²) in [6.07, 6.45) is 2.10. The number of carbonyl (C=O) groups excluding carboxylic acids is 1. The van der Waals surface area contributed by atoms with Gasteiger partial charge in [-0.15, -0.1) is 11.3 Å². The van der Waals surface area contributed by atoms with Crippen molar-refractivity contribution in [2.75, 3.05) is 32.8 Å². The molecule has 0 atom stereocenters. The number of thiophene rings is 1. The van der Waals surface area contributed by atoms with Gasteiger partial charge in [0.2, 0.25) is 0 Å². The van der Waals surface area contributed by atoms with Crippen LogP contribution in [0.4, 0.5) is 0 Å². The summed E-state index contributed by atoms with van der Waals surface area (Å²) in [5.41, 5.74) is 3.67. The van der Waals surface area contributed by atoms with Crippen LogP contribution in [0.1, 0.15) is 27.9 Å². The minimum atomic E-state index is 0.0191. The minimum Gasteiger partial charge on any atom is -0.508 e. The van der Waals surface area contributed by atoms with Gasteiger partial charge < -0.3 is 9.84 Å². The van der Waals surface area contributed by atoms with E-state index in [0.29, 0.717) is 11.1 Å². The fourth-order valence-corrected chi connectivity index (χ4v) is 5.64. The molecule has 168 valence electrons. The second kappa shape index (κ2) is 9.87. The highest BCUT2D eigenvalue weighted by Crippen LogP contribution is 2.41. The van der Waals surface area contributed by atoms with Crippen molar-refractivity contribution < 1.29 is 14.6 Å². The molecular formula is C28H27NO3S. The van der Waals surface area contributed by atoms with Crippen molar-refractivity contribution in [1.29, 1.82) is 0 Å². The second-order valence-corrected chi connectivity index (χ2v) is 9.49. The molecule has 4 aromatic rings. The second-order valence-electron chi connectivity index (χ2n) is 8.44. The van der Waals surface area contributed by atoms with Gasteiger partial charge in [-0.25, -0.2) is 0 Å². The Hall–Kier alpha value is -2.99. The van der Waals surface area contributed by atoms with Crippen LogP contribution in [0.2, 0.25) is 0 Å². The average Bonchev–Trinajstić information content (AvgIpc) is 3.24. The van der Waals surface area contributed by atoms with Gasteiger partial charge in [-0.3, -0.25) is 9.69 Å². The number of hydrogen-bond acceptors (Lipinski definition) is 5. The van der Waals surface area contributed by atoms with Crippen LogP contribution in [0, 0.1) is 0 Å². The Labute approximate surface area is 198 Å². The van der Waals surface area contributed by atoms with Crippen molar-refractivity contribution in [3.63, 3.8) is 0 Å². The van der Waals surface area contributed by atoms with Gasteiger partial charge in [0, 0.05) is 39.2 Å².